The van der Waals surface area contributed by atoms with E-state index in [2.05, 4.69) is 5.32 Å². The molecule has 4 aromatic rings. The molecule has 9 heteroatoms. The summed E-state index contributed by atoms with van der Waals surface area (Å²) in [6.07, 6.45) is 0.497. The van der Waals surface area contributed by atoms with Crippen LogP contribution in [-0.2, 0) is 26.0 Å². The number of amides is 2. The van der Waals surface area contributed by atoms with Gasteiger partial charge in [-0.1, -0.05) is 66.7 Å². The quantitative estimate of drug-likeness (QED) is 0.210. The summed E-state index contributed by atoms with van der Waals surface area (Å²) in [6.45, 7) is 6.99. The Labute approximate surface area is 260 Å². The van der Waals surface area contributed by atoms with Gasteiger partial charge in [0.05, 0.1) is 10.6 Å². The number of nitrogens with one attached hydrogen (secondary N) is 1. The van der Waals surface area contributed by atoms with E-state index in [9.17, 15) is 18.0 Å². The van der Waals surface area contributed by atoms with Gasteiger partial charge in [-0.05, 0) is 88.2 Å². The second kappa shape index (κ2) is 14.2. The fourth-order valence-electron chi connectivity index (χ4n) is 4.60. The number of anilines is 1. The van der Waals surface area contributed by atoms with E-state index in [-0.39, 0.29) is 23.0 Å². The standard InChI is InChI=1S/C35H39N3O5S/c1-27(34(40)36-35(2,3)4)37(25-24-28-14-8-5-9-15-28)33(39)26-38(44(41,42)32-18-12-7-13-19-32)29-20-22-31(23-21-29)43-30-16-10-6-11-17-30/h5-23,27H,24-26H2,1-4H3,(H,36,40). The monoisotopic (exact) mass is 613 g/mol. The molecular formula is C35H39N3O5S. The third-order valence-corrected chi connectivity index (χ3v) is 8.65. The molecule has 1 unspecified atom stereocenters. The van der Waals surface area contributed by atoms with Gasteiger partial charge in [0, 0.05) is 12.1 Å². The SMILES string of the molecule is CC(C(=O)NC(C)(C)C)N(CCc1ccccc1)C(=O)CN(c1ccc(Oc2ccccc2)cc1)S(=O)(=O)c1ccccc1. The van der Waals surface area contributed by atoms with Crippen LogP contribution in [0.25, 0.3) is 0 Å². The molecular weight excluding hydrogens is 574 g/mol. The van der Waals surface area contributed by atoms with E-state index in [0.717, 1.165) is 9.87 Å². The van der Waals surface area contributed by atoms with Gasteiger partial charge < -0.3 is 15.0 Å². The molecule has 0 spiro atoms. The Kier molecular flexibility index (Phi) is 10.4. The highest BCUT2D eigenvalue weighted by atomic mass is 32.2. The van der Waals surface area contributed by atoms with Crippen molar-refractivity contribution in [3.8, 4) is 11.5 Å². The first kappa shape index (κ1) is 32.3. The Morgan fingerprint density at radius 1 is 0.773 bits per heavy atom. The van der Waals surface area contributed by atoms with Crippen molar-refractivity contribution < 1.29 is 22.7 Å². The number of carbonyl (C=O) groups excluding carboxylic acids is 2. The van der Waals surface area contributed by atoms with E-state index in [4.69, 9.17) is 4.74 Å². The summed E-state index contributed by atoms with van der Waals surface area (Å²) in [6, 6.07) is 32.6. The van der Waals surface area contributed by atoms with Gasteiger partial charge in [-0.2, -0.15) is 0 Å². The van der Waals surface area contributed by atoms with Crippen LogP contribution in [0, 0.1) is 0 Å². The Morgan fingerprint density at radius 3 is 1.86 bits per heavy atom. The van der Waals surface area contributed by atoms with Crippen LogP contribution in [0.15, 0.2) is 120 Å². The Hall–Kier alpha value is -4.63. The minimum Gasteiger partial charge on any atom is -0.457 e. The molecule has 0 fully saturated rings. The summed E-state index contributed by atoms with van der Waals surface area (Å²) < 4.78 is 34.9. The lowest BCUT2D eigenvalue weighted by atomic mass is 10.1. The van der Waals surface area contributed by atoms with Gasteiger partial charge in [-0.15, -0.1) is 0 Å². The fourth-order valence-corrected chi connectivity index (χ4v) is 6.03. The van der Waals surface area contributed by atoms with E-state index in [1.54, 1.807) is 49.4 Å². The molecule has 0 bridgehead atoms. The van der Waals surface area contributed by atoms with Crippen LogP contribution in [0.5, 0.6) is 11.5 Å². The predicted octanol–water partition coefficient (Wildman–Crippen LogP) is 6.05. The first-order chi connectivity index (χ1) is 20.9. The van der Waals surface area contributed by atoms with Crippen molar-refractivity contribution >= 4 is 27.5 Å². The number of benzene rings is 4. The van der Waals surface area contributed by atoms with E-state index in [0.29, 0.717) is 17.9 Å². The summed E-state index contributed by atoms with van der Waals surface area (Å²) in [4.78, 5) is 28.8. The highest BCUT2D eigenvalue weighted by Crippen LogP contribution is 2.28. The van der Waals surface area contributed by atoms with Crippen molar-refractivity contribution in [3.05, 3.63) is 121 Å². The van der Waals surface area contributed by atoms with Crippen LogP contribution in [-0.4, -0.2) is 49.8 Å². The van der Waals surface area contributed by atoms with Crippen molar-refractivity contribution in [2.24, 2.45) is 0 Å². The van der Waals surface area contributed by atoms with Crippen molar-refractivity contribution in [1.29, 1.82) is 0 Å². The molecule has 2 amide bonds. The molecule has 1 N–H and O–H groups in total. The number of rotatable bonds is 12. The number of hydrogen-bond acceptors (Lipinski definition) is 5. The number of nitrogens with zero attached hydrogens (tertiary/aromatic N) is 2. The van der Waals surface area contributed by atoms with Crippen LogP contribution in [0.2, 0.25) is 0 Å². The lowest BCUT2D eigenvalue weighted by molar-refractivity contribution is -0.139. The van der Waals surface area contributed by atoms with Crippen LogP contribution in [0.1, 0.15) is 33.3 Å². The normalized spacial score (nSPS) is 12.2. The zero-order chi connectivity index (χ0) is 31.7. The fraction of sp³-hybridized carbons (Fsp3) is 0.257. The second-order valence-corrected chi connectivity index (χ2v) is 13.3. The topological polar surface area (TPSA) is 96.0 Å². The van der Waals surface area contributed by atoms with Crippen LogP contribution >= 0.6 is 0 Å². The van der Waals surface area contributed by atoms with Crippen molar-refractivity contribution in [1.82, 2.24) is 10.2 Å². The third-order valence-electron chi connectivity index (χ3n) is 6.86. The Morgan fingerprint density at radius 2 is 1.30 bits per heavy atom. The zero-order valence-electron chi connectivity index (χ0n) is 25.5. The van der Waals surface area contributed by atoms with Gasteiger partial charge in [0.1, 0.15) is 24.1 Å². The molecule has 0 saturated carbocycles. The van der Waals surface area contributed by atoms with Crippen molar-refractivity contribution in [2.75, 3.05) is 17.4 Å². The molecule has 4 aromatic carbocycles. The average molecular weight is 614 g/mol. The zero-order valence-corrected chi connectivity index (χ0v) is 26.3. The van der Waals surface area contributed by atoms with E-state index >= 15 is 0 Å². The molecule has 0 aromatic heterocycles. The van der Waals surface area contributed by atoms with Crippen molar-refractivity contribution in [3.63, 3.8) is 0 Å². The molecule has 0 radical (unpaired) electrons. The summed E-state index contributed by atoms with van der Waals surface area (Å²) in [5, 5.41) is 2.94. The summed E-state index contributed by atoms with van der Waals surface area (Å²) in [5.41, 5.74) is 0.778. The molecule has 230 valence electrons. The van der Waals surface area contributed by atoms with Crippen LogP contribution in [0.4, 0.5) is 5.69 Å². The molecule has 4 rings (SSSR count). The number of para-hydroxylation sites is 1. The molecule has 0 saturated heterocycles. The number of ether oxygens (including phenoxy) is 1. The van der Waals surface area contributed by atoms with Gasteiger partial charge in [-0.3, -0.25) is 13.9 Å². The van der Waals surface area contributed by atoms with E-state index < -0.39 is 34.1 Å². The minimum absolute atomic E-state index is 0.0479. The van der Waals surface area contributed by atoms with E-state index in [1.165, 1.54) is 17.0 Å². The summed E-state index contributed by atoms with van der Waals surface area (Å²) >= 11 is 0. The van der Waals surface area contributed by atoms with Gasteiger partial charge in [-0.25, -0.2) is 8.42 Å². The van der Waals surface area contributed by atoms with Gasteiger partial charge in [0.25, 0.3) is 10.0 Å². The highest BCUT2D eigenvalue weighted by molar-refractivity contribution is 7.92. The van der Waals surface area contributed by atoms with Crippen LogP contribution in [0.3, 0.4) is 0 Å². The lowest BCUT2D eigenvalue weighted by Crippen LogP contribution is -2.55. The molecule has 8 nitrogen and oxygen atoms in total. The second-order valence-electron chi connectivity index (χ2n) is 11.5. The van der Waals surface area contributed by atoms with E-state index in [1.807, 2.05) is 81.4 Å². The summed E-state index contributed by atoms with van der Waals surface area (Å²) in [7, 11) is -4.15. The maximum absolute atomic E-state index is 14.1. The molecule has 0 aliphatic rings. The number of sulfonamides is 1. The largest absolute Gasteiger partial charge is 0.457 e. The minimum atomic E-state index is -4.15. The number of carbonyl (C=O) groups is 2. The van der Waals surface area contributed by atoms with Crippen LogP contribution < -0.4 is 14.4 Å². The Balaban J connectivity index is 1.66. The average Bonchev–Trinajstić information content (AvgIpc) is 3.01. The molecule has 44 heavy (non-hydrogen) atoms. The third kappa shape index (κ3) is 8.70. The summed E-state index contributed by atoms with van der Waals surface area (Å²) in [5.74, 6) is 0.335. The Bertz CT molecular complexity index is 1620. The first-order valence-electron chi connectivity index (χ1n) is 14.5. The lowest BCUT2D eigenvalue weighted by Gasteiger charge is -2.33. The molecule has 0 aliphatic heterocycles. The van der Waals surface area contributed by atoms with Gasteiger partial charge in [0.2, 0.25) is 11.8 Å². The predicted molar refractivity (Wildman–Crippen MR) is 173 cm³/mol. The molecule has 0 aliphatic carbocycles. The molecule has 1 atom stereocenters. The smallest absolute Gasteiger partial charge is 0.264 e. The van der Waals surface area contributed by atoms with Gasteiger partial charge in [0.15, 0.2) is 0 Å². The first-order valence-corrected chi connectivity index (χ1v) is 15.9. The molecule has 0 heterocycles. The number of hydrogen-bond donors (Lipinski definition) is 1. The van der Waals surface area contributed by atoms with Gasteiger partial charge >= 0.3 is 0 Å². The highest BCUT2D eigenvalue weighted by Gasteiger charge is 2.33. The van der Waals surface area contributed by atoms with Crippen molar-refractivity contribution in [2.45, 2.75) is 50.6 Å². The maximum Gasteiger partial charge on any atom is 0.264 e. The maximum atomic E-state index is 14.1.